The van der Waals surface area contributed by atoms with Crippen LogP contribution in [0.1, 0.15) is 88.0 Å². The van der Waals surface area contributed by atoms with Crippen LogP contribution in [0.3, 0.4) is 0 Å². The van der Waals surface area contributed by atoms with Gasteiger partial charge in [-0.1, -0.05) is 27.7 Å². The summed E-state index contributed by atoms with van der Waals surface area (Å²) in [5.74, 6) is -6.15. The van der Waals surface area contributed by atoms with Gasteiger partial charge in [-0.3, -0.25) is 9.59 Å². The molecule has 0 saturated carbocycles. The van der Waals surface area contributed by atoms with Crippen LogP contribution in [0.15, 0.2) is 0 Å². The zero-order chi connectivity index (χ0) is 47.7. The van der Waals surface area contributed by atoms with Crippen LogP contribution in [0.5, 0.6) is 0 Å². The molecule has 4 rings (SSSR count). The summed E-state index contributed by atoms with van der Waals surface area (Å²) < 4.78 is 55.6. The van der Waals surface area contributed by atoms with Gasteiger partial charge in [-0.15, -0.1) is 0 Å². The number of hydrogen-bond acceptors (Lipinski definition) is 20. The first-order chi connectivity index (χ1) is 29.2. The second-order valence-electron chi connectivity index (χ2n) is 19.1. The summed E-state index contributed by atoms with van der Waals surface area (Å²) in [4.78, 5) is 31.0. The molecular formula is C43H77NO19. The molecule has 63 heavy (non-hydrogen) atoms. The number of Topliss-reactive ketones (excluding diaryl/α,β-unsaturated/α-hetero) is 1. The third kappa shape index (κ3) is 11.6. The van der Waals surface area contributed by atoms with Crippen molar-refractivity contribution in [2.45, 2.75) is 203 Å². The number of aliphatic hydroxyl groups excluding tert-OH is 7. The maximum atomic E-state index is 15.0. The molecule has 4 fully saturated rings. The van der Waals surface area contributed by atoms with E-state index in [1.807, 2.05) is 25.9 Å². The summed E-state index contributed by atoms with van der Waals surface area (Å²) in [7, 11) is 6.47. The second-order valence-corrected chi connectivity index (χ2v) is 19.1. The molecule has 4 aliphatic heterocycles. The average molecular weight is 912 g/mol. The normalized spacial score (nSPS) is 49.9. The number of carbonyl (C=O) groups is 2. The van der Waals surface area contributed by atoms with E-state index in [-0.39, 0.29) is 25.4 Å². The van der Waals surface area contributed by atoms with E-state index in [9.17, 15) is 50.4 Å². The molecule has 20 nitrogen and oxygen atoms in total. The molecule has 368 valence electrons. The lowest BCUT2D eigenvalue weighted by molar-refractivity contribution is -0.345. The molecule has 0 aromatic rings. The van der Waals surface area contributed by atoms with Crippen LogP contribution in [0.2, 0.25) is 0 Å². The molecule has 4 aliphatic rings. The van der Waals surface area contributed by atoms with E-state index >= 15 is 0 Å². The van der Waals surface area contributed by atoms with Gasteiger partial charge in [0.15, 0.2) is 25.2 Å². The summed E-state index contributed by atoms with van der Waals surface area (Å²) in [5.41, 5.74) is -4.88. The third-order valence-electron chi connectivity index (χ3n) is 14.1. The molecule has 0 spiro atoms. The van der Waals surface area contributed by atoms with Crippen LogP contribution in [-0.2, 0) is 52.2 Å². The Balaban J connectivity index is 1.97. The smallest absolute Gasteiger partial charge is 0.314 e. The van der Waals surface area contributed by atoms with Gasteiger partial charge < -0.3 is 88.4 Å². The molecule has 8 N–H and O–H groups in total. The third-order valence-corrected chi connectivity index (χ3v) is 14.1. The fourth-order valence-corrected chi connectivity index (χ4v) is 9.78. The number of cyclic esters (lactones) is 1. The Morgan fingerprint density at radius 1 is 0.762 bits per heavy atom. The number of nitrogens with zero attached hydrogens (tertiary/aromatic N) is 1. The zero-order valence-corrected chi connectivity index (χ0v) is 39.1. The number of esters is 1. The van der Waals surface area contributed by atoms with Gasteiger partial charge in [0.05, 0.1) is 48.3 Å². The molecule has 0 aromatic carbocycles. The van der Waals surface area contributed by atoms with Crippen LogP contribution in [0.4, 0.5) is 0 Å². The van der Waals surface area contributed by atoms with Gasteiger partial charge in [0.1, 0.15) is 53.9 Å². The number of ketones is 1. The predicted molar refractivity (Wildman–Crippen MR) is 220 cm³/mol. The molecule has 4 heterocycles. The van der Waals surface area contributed by atoms with Gasteiger partial charge in [-0.05, 0) is 68.0 Å². The van der Waals surface area contributed by atoms with Crippen LogP contribution in [-0.4, -0.2) is 208 Å². The van der Waals surface area contributed by atoms with E-state index in [1.54, 1.807) is 41.5 Å². The molecule has 0 aromatic heterocycles. The van der Waals surface area contributed by atoms with Crippen LogP contribution in [0, 0.1) is 23.7 Å². The first-order valence-electron chi connectivity index (χ1n) is 22.1. The summed E-state index contributed by atoms with van der Waals surface area (Å²) >= 11 is 0. The number of ether oxygens (including phenoxy) is 9. The number of methoxy groups -OCH3 is 2. The fourth-order valence-electron chi connectivity index (χ4n) is 9.78. The maximum Gasteiger partial charge on any atom is 0.314 e. The maximum absolute atomic E-state index is 15.0. The molecule has 0 aliphatic carbocycles. The Morgan fingerprint density at radius 3 is 1.95 bits per heavy atom. The van der Waals surface area contributed by atoms with Crippen molar-refractivity contribution in [3.8, 4) is 0 Å². The average Bonchev–Trinajstić information content (AvgIpc) is 3.23. The summed E-state index contributed by atoms with van der Waals surface area (Å²) in [6, 6.07) is -0.410. The van der Waals surface area contributed by atoms with E-state index in [4.69, 9.17) is 42.6 Å². The molecule has 23 unspecified atom stereocenters. The van der Waals surface area contributed by atoms with Gasteiger partial charge in [-0.25, -0.2) is 0 Å². The van der Waals surface area contributed by atoms with Crippen molar-refractivity contribution in [1.82, 2.24) is 4.90 Å². The number of aliphatic hydroxyl groups is 8. The van der Waals surface area contributed by atoms with Crippen LogP contribution < -0.4 is 0 Å². The van der Waals surface area contributed by atoms with E-state index in [1.165, 1.54) is 28.1 Å². The first kappa shape index (κ1) is 54.1. The van der Waals surface area contributed by atoms with Gasteiger partial charge in [0.2, 0.25) is 0 Å². The summed E-state index contributed by atoms with van der Waals surface area (Å²) in [5, 5.41) is 88.4. The lowest BCUT2D eigenvalue weighted by atomic mass is 9.73. The van der Waals surface area contributed by atoms with Gasteiger partial charge >= 0.3 is 5.97 Å². The van der Waals surface area contributed by atoms with Gasteiger partial charge in [-0.2, -0.15) is 0 Å². The molecule has 0 amide bonds. The van der Waals surface area contributed by atoms with Gasteiger partial charge in [0.25, 0.3) is 0 Å². The summed E-state index contributed by atoms with van der Waals surface area (Å²) in [6.07, 6.45) is -21.1. The van der Waals surface area contributed by atoms with Crippen molar-refractivity contribution in [3.05, 3.63) is 0 Å². The number of carbonyl (C=O) groups excluding carboxylic acids is 2. The zero-order valence-electron chi connectivity index (χ0n) is 39.1. The van der Waals surface area contributed by atoms with E-state index in [0.717, 1.165) is 0 Å². The summed E-state index contributed by atoms with van der Waals surface area (Å²) in [6.45, 7) is 13.8. The van der Waals surface area contributed by atoms with Crippen LogP contribution >= 0.6 is 0 Å². The Morgan fingerprint density at radius 2 is 1.38 bits per heavy atom. The highest BCUT2D eigenvalue weighted by molar-refractivity contribution is 5.83. The monoisotopic (exact) mass is 912 g/mol. The minimum absolute atomic E-state index is 0.0371. The lowest BCUT2D eigenvalue weighted by Gasteiger charge is -2.50. The Labute approximate surface area is 371 Å². The second kappa shape index (κ2) is 21.6. The standard InChI is InChI=1S/C43H77NO19/c1-14-26-43(9,54)34(50)21(4)28(45)19(2)16-42(8,56-13)36(62-40-29(46)25(44(10)11)15-20(3)58-40)22(5)33(61-27-17-41(7,55-12)35(51)23(6)59-27)24(37(52)60-26)18-57-39-32(49)30(47)31(48)38(53)63-39/h19-27,29-36,38-40,46-51,53-54H,14-18H2,1-13H3. The first-order valence-corrected chi connectivity index (χ1v) is 22.1. The minimum atomic E-state index is -2.19. The van der Waals surface area contributed by atoms with Gasteiger partial charge in [0, 0.05) is 44.4 Å². The van der Waals surface area contributed by atoms with Crippen LogP contribution in [0.25, 0.3) is 0 Å². The lowest BCUT2D eigenvalue weighted by Crippen LogP contribution is -2.62. The Bertz CT molecular complexity index is 1490. The largest absolute Gasteiger partial charge is 0.459 e. The highest BCUT2D eigenvalue weighted by Gasteiger charge is 2.55. The molecule has 0 bridgehead atoms. The SMILES string of the molecule is CCC1OC(=O)C(COC2OC(O)C(O)C(O)C2O)C(OC2CC(C)(OC)C(O)C(C)O2)C(C)C(OC2OC(C)CC(N(C)C)C2O)C(C)(OC)CC(C)C(=O)C(C)C(O)C1(C)O. The van der Waals surface area contributed by atoms with E-state index in [0.29, 0.717) is 6.42 Å². The van der Waals surface area contributed by atoms with Crippen molar-refractivity contribution in [3.63, 3.8) is 0 Å². The Kier molecular flexibility index (Phi) is 18.5. The number of likely N-dealkylation sites (N-methyl/N-ethyl adjacent to an activating group) is 1. The molecule has 4 saturated heterocycles. The Hall–Kier alpha value is -1.54. The van der Waals surface area contributed by atoms with Crippen molar-refractivity contribution < 1.29 is 93.1 Å². The van der Waals surface area contributed by atoms with Crippen molar-refractivity contribution in [2.75, 3.05) is 34.9 Å². The molecular weight excluding hydrogens is 834 g/mol. The topological polar surface area (TPSA) is 282 Å². The fraction of sp³-hybridized carbons (Fsp3) is 0.953. The van der Waals surface area contributed by atoms with Crippen molar-refractivity contribution >= 4 is 11.8 Å². The highest BCUT2D eigenvalue weighted by atomic mass is 16.8. The van der Waals surface area contributed by atoms with Crippen molar-refractivity contribution in [1.29, 1.82) is 0 Å². The quantitative estimate of drug-likeness (QED) is 0.118. The molecule has 20 heteroatoms. The molecule has 0 radical (unpaired) electrons. The molecule has 23 atom stereocenters. The number of hydrogen-bond donors (Lipinski definition) is 8. The predicted octanol–water partition coefficient (Wildman–Crippen LogP) is -0.806. The van der Waals surface area contributed by atoms with E-state index in [2.05, 4.69) is 0 Å². The van der Waals surface area contributed by atoms with E-state index < -0.39 is 151 Å². The highest BCUT2D eigenvalue weighted by Crippen LogP contribution is 2.42. The number of rotatable bonds is 11. The minimum Gasteiger partial charge on any atom is -0.459 e. The van der Waals surface area contributed by atoms with Crippen molar-refractivity contribution in [2.24, 2.45) is 23.7 Å².